The maximum Gasteiger partial charge on any atom is 0.161 e. The first kappa shape index (κ1) is 11.0. The van der Waals surface area contributed by atoms with Gasteiger partial charge in [0.2, 0.25) is 0 Å². The lowest BCUT2D eigenvalue weighted by Gasteiger charge is -2.18. The van der Waals surface area contributed by atoms with E-state index in [2.05, 4.69) is 24.4 Å². The summed E-state index contributed by atoms with van der Waals surface area (Å²) in [6.07, 6.45) is 4.19. The molecule has 3 heteroatoms. The van der Waals surface area contributed by atoms with Crippen LogP contribution in [-0.2, 0) is 0 Å². The van der Waals surface area contributed by atoms with Gasteiger partial charge in [-0.05, 0) is 24.2 Å². The highest BCUT2D eigenvalue weighted by atomic mass is 16.6. The van der Waals surface area contributed by atoms with Crippen molar-refractivity contribution in [2.24, 2.45) is 0 Å². The predicted octanol–water partition coefficient (Wildman–Crippen LogP) is 2.08. The summed E-state index contributed by atoms with van der Waals surface area (Å²) in [6, 6.07) is 6.01. The molecule has 0 unspecified atom stereocenters. The first-order valence-electron chi connectivity index (χ1n) is 5.67. The SMILES string of the molecule is CCNCC=Cc1ccc2c(c1)OCCO2. The van der Waals surface area contributed by atoms with Gasteiger partial charge in [-0.2, -0.15) is 0 Å². The molecule has 0 radical (unpaired) electrons. The molecular weight excluding hydrogens is 202 g/mol. The third-order valence-corrected chi connectivity index (χ3v) is 2.39. The van der Waals surface area contributed by atoms with Crippen LogP contribution >= 0.6 is 0 Å². The third-order valence-electron chi connectivity index (χ3n) is 2.39. The van der Waals surface area contributed by atoms with E-state index < -0.39 is 0 Å². The lowest BCUT2D eigenvalue weighted by molar-refractivity contribution is 0.171. The average molecular weight is 219 g/mol. The summed E-state index contributed by atoms with van der Waals surface area (Å²) in [5, 5.41) is 3.24. The van der Waals surface area contributed by atoms with E-state index in [0.29, 0.717) is 13.2 Å². The molecule has 0 aliphatic carbocycles. The van der Waals surface area contributed by atoms with E-state index in [1.807, 2.05) is 18.2 Å². The molecule has 1 aliphatic rings. The Labute approximate surface area is 96.1 Å². The number of likely N-dealkylation sites (N-methyl/N-ethyl adjacent to an activating group) is 1. The van der Waals surface area contributed by atoms with Gasteiger partial charge in [0.25, 0.3) is 0 Å². The van der Waals surface area contributed by atoms with Gasteiger partial charge in [-0.15, -0.1) is 0 Å². The number of fused-ring (bicyclic) bond motifs is 1. The maximum atomic E-state index is 5.52. The summed E-state index contributed by atoms with van der Waals surface area (Å²) in [5.41, 5.74) is 1.14. The van der Waals surface area contributed by atoms with Crippen molar-refractivity contribution in [3.63, 3.8) is 0 Å². The number of benzene rings is 1. The Morgan fingerprint density at radius 3 is 2.88 bits per heavy atom. The lowest BCUT2D eigenvalue weighted by Crippen LogP contribution is -2.15. The molecule has 16 heavy (non-hydrogen) atoms. The van der Waals surface area contributed by atoms with Gasteiger partial charge in [0.05, 0.1) is 0 Å². The van der Waals surface area contributed by atoms with Crippen molar-refractivity contribution in [2.75, 3.05) is 26.3 Å². The molecule has 0 aromatic heterocycles. The quantitative estimate of drug-likeness (QED) is 0.786. The molecule has 0 spiro atoms. The van der Waals surface area contributed by atoms with Crippen molar-refractivity contribution < 1.29 is 9.47 Å². The minimum Gasteiger partial charge on any atom is -0.486 e. The van der Waals surface area contributed by atoms with E-state index in [-0.39, 0.29) is 0 Å². The van der Waals surface area contributed by atoms with Crippen LogP contribution in [0.15, 0.2) is 24.3 Å². The highest BCUT2D eigenvalue weighted by Crippen LogP contribution is 2.30. The largest absolute Gasteiger partial charge is 0.486 e. The zero-order valence-corrected chi connectivity index (χ0v) is 9.53. The second-order valence-electron chi connectivity index (χ2n) is 3.61. The van der Waals surface area contributed by atoms with Crippen LogP contribution in [-0.4, -0.2) is 26.3 Å². The van der Waals surface area contributed by atoms with Crippen molar-refractivity contribution in [3.8, 4) is 11.5 Å². The first-order chi connectivity index (χ1) is 7.90. The van der Waals surface area contributed by atoms with Crippen LogP contribution in [0.2, 0.25) is 0 Å². The average Bonchev–Trinajstić information content (AvgIpc) is 2.34. The van der Waals surface area contributed by atoms with Crippen LogP contribution in [0.3, 0.4) is 0 Å². The number of hydrogen-bond acceptors (Lipinski definition) is 3. The molecule has 3 nitrogen and oxygen atoms in total. The van der Waals surface area contributed by atoms with E-state index in [1.54, 1.807) is 0 Å². The zero-order chi connectivity index (χ0) is 11.2. The fourth-order valence-corrected chi connectivity index (χ4v) is 1.59. The summed E-state index contributed by atoms with van der Waals surface area (Å²) in [5.74, 6) is 1.69. The van der Waals surface area contributed by atoms with Crippen LogP contribution in [0.5, 0.6) is 11.5 Å². The molecule has 1 aromatic rings. The van der Waals surface area contributed by atoms with Gasteiger partial charge >= 0.3 is 0 Å². The van der Waals surface area contributed by atoms with E-state index in [1.165, 1.54) is 0 Å². The molecule has 1 aromatic carbocycles. The summed E-state index contributed by atoms with van der Waals surface area (Å²) >= 11 is 0. The van der Waals surface area contributed by atoms with Crippen molar-refractivity contribution in [1.82, 2.24) is 5.32 Å². The molecule has 0 bridgehead atoms. The van der Waals surface area contributed by atoms with Crippen LogP contribution in [0, 0.1) is 0 Å². The Kier molecular flexibility index (Phi) is 3.83. The molecule has 0 atom stereocenters. The molecule has 0 amide bonds. The highest BCUT2D eigenvalue weighted by molar-refractivity contribution is 5.56. The number of hydrogen-bond donors (Lipinski definition) is 1. The Hall–Kier alpha value is -1.48. The van der Waals surface area contributed by atoms with Gasteiger partial charge in [-0.25, -0.2) is 0 Å². The van der Waals surface area contributed by atoms with Crippen molar-refractivity contribution in [3.05, 3.63) is 29.8 Å². The van der Waals surface area contributed by atoms with Crippen LogP contribution in [0.1, 0.15) is 12.5 Å². The normalized spacial score (nSPS) is 14.3. The molecule has 0 saturated carbocycles. The van der Waals surface area contributed by atoms with Gasteiger partial charge in [0, 0.05) is 6.54 Å². The molecule has 2 rings (SSSR count). The first-order valence-corrected chi connectivity index (χ1v) is 5.67. The topological polar surface area (TPSA) is 30.5 Å². The minimum absolute atomic E-state index is 0.636. The van der Waals surface area contributed by atoms with Crippen LogP contribution < -0.4 is 14.8 Å². The second kappa shape index (κ2) is 5.56. The summed E-state index contributed by atoms with van der Waals surface area (Å²) in [4.78, 5) is 0. The van der Waals surface area contributed by atoms with Crippen LogP contribution in [0.25, 0.3) is 6.08 Å². The minimum atomic E-state index is 0.636. The van der Waals surface area contributed by atoms with E-state index in [4.69, 9.17) is 9.47 Å². The Balaban J connectivity index is 2.02. The predicted molar refractivity (Wildman–Crippen MR) is 65.0 cm³/mol. The number of rotatable bonds is 4. The number of ether oxygens (including phenoxy) is 2. The maximum absolute atomic E-state index is 5.52. The van der Waals surface area contributed by atoms with Gasteiger partial charge in [-0.3, -0.25) is 0 Å². The van der Waals surface area contributed by atoms with E-state index >= 15 is 0 Å². The molecular formula is C13H17NO2. The van der Waals surface area contributed by atoms with Gasteiger partial charge in [0.1, 0.15) is 13.2 Å². The number of nitrogens with one attached hydrogen (secondary N) is 1. The smallest absolute Gasteiger partial charge is 0.161 e. The van der Waals surface area contributed by atoms with E-state index in [9.17, 15) is 0 Å². The zero-order valence-electron chi connectivity index (χ0n) is 9.53. The highest BCUT2D eigenvalue weighted by Gasteiger charge is 2.10. The van der Waals surface area contributed by atoms with Crippen molar-refractivity contribution in [1.29, 1.82) is 0 Å². The lowest BCUT2D eigenvalue weighted by atomic mass is 10.2. The molecule has 0 fully saturated rings. The Bertz CT molecular complexity index is 374. The monoisotopic (exact) mass is 219 g/mol. The fourth-order valence-electron chi connectivity index (χ4n) is 1.59. The van der Waals surface area contributed by atoms with Crippen molar-refractivity contribution >= 4 is 6.08 Å². The Morgan fingerprint density at radius 1 is 1.25 bits per heavy atom. The van der Waals surface area contributed by atoms with Crippen LogP contribution in [0.4, 0.5) is 0 Å². The van der Waals surface area contributed by atoms with E-state index in [0.717, 1.165) is 30.2 Å². The molecule has 1 heterocycles. The summed E-state index contributed by atoms with van der Waals surface area (Å²) in [7, 11) is 0. The Morgan fingerprint density at radius 2 is 2.06 bits per heavy atom. The second-order valence-corrected chi connectivity index (χ2v) is 3.61. The van der Waals surface area contributed by atoms with Gasteiger partial charge in [0.15, 0.2) is 11.5 Å². The van der Waals surface area contributed by atoms with Gasteiger partial charge in [-0.1, -0.05) is 25.1 Å². The molecule has 1 aliphatic heterocycles. The summed E-state index contributed by atoms with van der Waals surface area (Å²) in [6.45, 7) is 5.26. The summed E-state index contributed by atoms with van der Waals surface area (Å²) < 4.78 is 11.0. The van der Waals surface area contributed by atoms with Gasteiger partial charge < -0.3 is 14.8 Å². The molecule has 0 saturated heterocycles. The fraction of sp³-hybridized carbons (Fsp3) is 0.385. The van der Waals surface area contributed by atoms with Crippen molar-refractivity contribution in [2.45, 2.75) is 6.92 Å². The standard InChI is InChI=1S/C13H17NO2/c1-2-14-7-3-4-11-5-6-12-13(10-11)16-9-8-15-12/h3-6,10,14H,2,7-9H2,1H3. The molecule has 86 valence electrons. The molecule has 1 N–H and O–H groups in total. The third kappa shape index (κ3) is 2.76.